The molecule has 0 saturated carbocycles. The van der Waals surface area contributed by atoms with Crippen molar-refractivity contribution >= 4 is 11.9 Å². The van der Waals surface area contributed by atoms with Crippen molar-refractivity contribution in [3.8, 4) is 11.1 Å². The minimum atomic E-state index is -0.921. The number of carbonyl (C=O) groups excluding carboxylic acids is 1. The van der Waals surface area contributed by atoms with Crippen LogP contribution in [0.5, 0.6) is 0 Å². The van der Waals surface area contributed by atoms with Crippen LogP contribution < -0.4 is 0 Å². The minimum absolute atomic E-state index is 0.162. The number of hydrogen-bond donors (Lipinski definition) is 1. The second kappa shape index (κ2) is 7.47. The van der Waals surface area contributed by atoms with E-state index in [9.17, 15) is 9.59 Å². The third kappa shape index (κ3) is 4.24. The fourth-order valence-corrected chi connectivity index (χ4v) is 3.27. The molecule has 0 bridgehead atoms. The standard InChI is InChI=1S/C20H22N2O3/c1-14(23)22-10-8-15(9-11-22)12-19-7-6-18(13-21-19)16-2-4-17(5-3-16)20(24)25/h2-7,13,15H,8-12H2,1H3,(H,24,25). The summed E-state index contributed by atoms with van der Waals surface area (Å²) in [6, 6.07) is 10.9. The monoisotopic (exact) mass is 338 g/mol. The third-order valence-electron chi connectivity index (χ3n) is 4.85. The van der Waals surface area contributed by atoms with Crippen LogP contribution in [0, 0.1) is 5.92 Å². The maximum absolute atomic E-state index is 11.4. The van der Waals surface area contributed by atoms with Crippen LogP contribution in [-0.4, -0.2) is 40.0 Å². The van der Waals surface area contributed by atoms with E-state index in [2.05, 4.69) is 4.98 Å². The smallest absolute Gasteiger partial charge is 0.335 e. The summed E-state index contributed by atoms with van der Waals surface area (Å²) in [7, 11) is 0. The summed E-state index contributed by atoms with van der Waals surface area (Å²) in [5.74, 6) is -0.186. The first-order valence-electron chi connectivity index (χ1n) is 8.57. The van der Waals surface area contributed by atoms with Crippen molar-refractivity contribution in [2.75, 3.05) is 13.1 Å². The van der Waals surface area contributed by atoms with Crippen molar-refractivity contribution in [3.63, 3.8) is 0 Å². The second-order valence-electron chi connectivity index (χ2n) is 6.57. The number of hydrogen-bond acceptors (Lipinski definition) is 3. The van der Waals surface area contributed by atoms with Gasteiger partial charge in [0, 0.05) is 37.5 Å². The number of carboxylic acid groups (broad SMARTS) is 1. The van der Waals surface area contributed by atoms with Crippen molar-refractivity contribution < 1.29 is 14.7 Å². The Morgan fingerprint density at radius 2 is 1.72 bits per heavy atom. The Kier molecular flexibility index (Phi) is 5.12. The first-order valence-corrected chi connectivity index (χ1v) is 8.57. The molecule has 1 fully saturated rings. The average molecular weight is 338 g/mol. The average Bonchev–Trinajstić information content (AvgIpc) is 2.63. The maximum Gasteiger partial charge on any atom is 0.335 e. The first-order chi connectivity index (χ1) is 12.0. The molecule has 0 radical (unpaired) electrons. The van der Waals surface area contributed by atoms with Crippen molar-refractivity contribution in [3.05, 3.63) is 53.9 Å². The molecule has 2 aromatic rings. The molecule has 1 N–H and O–H groups in total. The lowest BCUT2D eigenvalue weighted by atomic mass is 9.91. The van der Waals surface area contributed by atoms with Crippen molar-refractivity contribution in [2.45, 2.75) is 26.2 Å². The number of piperidine rings is 1. The molecule has 1 aliphatic rings. The summed E-state index contributed by atoms with van der Waals surface area (Å²) in [5.41, 5.74) is 3.28. The quantitative estimate of drug-likeness (QED) is 0.929. The van der Waals surface area contributed by atoms with Gasteiger partial charge in [0.15, 0.2) is 0 Å². The summed E-state index contributed by atoms with van der Waals surface area (Å²) >= 11 is 0. The number of amides is 1. The van der Waals surface area contributed by atoms with Crippen LogP contribution in [0.2, 0.25) is 0 Å². The molecule has 0 aliphatic carbocycles. The predicted molar refractivity (Wildman–Crippen MR) is 95.3 cm³/mol. The number of carbonyl (C=O) groups is 2. The number of nitrogens with zero attached hydrogens (tertiary/aromatic N) is 2. The zero-order chi connectivity index (χ0) is 17.8. The Hall–Kier alpha value is -2.69. The molecule has 0 spiro atoms. The lowest BCUT2D eigenvalue weighted by Crippen LogP contribution is -2.37. The summed E-state index contributed by atoms with van der Waals surface area (Å²) in [6.07, 6.45) is 4.83. The number of likely N-dealkylation sites (tertiary alicyclic amines) is 1. The normalized spacial score (nSPS) is 15.2. The van der Waals surface area contributed by atoms with Crippen LogP contribution >= 0.6 is 0 Å². The molecule has 3 rings (SSSR count). The minimum Gasteiger partial charge on any atom is -0.478 e. The molecule has 0 atom stereocenters. The lowest BCUT2D eigenvalue weighted by Gasteiger charge is -2.31. The molecule has 1 aromatic carbocycles. The Morgan fingerprint density at radius 1 is 1.08 bits per heavy atom. The molecule has 1 amide bonds. The van der Waals surface area contributed by atoms with Gasteiger partial charge in [0.2, 0.25) is 5.91 Å². The topological polar surface area (TPSA) is 70.5 Å². The summed E-state index contributed by atoms with van der Waals surface area (Å²) < 4.78 is 0. The summed E-state index contributed by atoms with van der Waals surface area (Å²) in [5, 5.41) is 8.95. The molecular weight excluding hydrogens is 316 g/mol. The van der Waals surface area contributed by atoms with E-state index in [4.69, 9.17) is 5.11 Å². The second-order valence-corrected chi connectivity index (χ2v) is 6.57. The molecule has 1 saturated heterocycles. The summed E-state index contributed by atoms with van der Waals surface area (Å²) in [4.78, 5) is 28.8. The Morgan fingerprint density at radius 3 is 2.24 bits per heavy atom. The zero-order valence-corrected chi connectivity index (χ0v) is 14.3. The van der Waals surface area contributed by atoms with Crippen LogP contribution in [0.25, 0.3) is 11.1 Å². The SMILES string of the molecule is CC(=O)N1CCC(Cc2ccc(-c3ccc(C(=O)O)cc3)cn2)CC1. The van der Waals surface area contributed by atoms with Crippen molar-refractivity contribution in [1.82, 2.24) is 9.88 Å². The van der Waals surface area contributed by atoms with Gasteiger partial charge < -0.3 is 10.0 Å². The van der Waals surface area contributed by atoms with Gasteiger partial charge in [0.1, 0.15) is 0 Å². The van der Waals surface area contributed by atoms with Gasteiger partial charge in [0.25, 0.3) is 0 Å². The highest BCUT2D eigenvalue weighted by Crippen LogP contribution is 2.23. The van der Waals surface area contributed by atoms with Gasteiger partial charge in [-0.3, -0.25) is 9.78 Å². The van der Waals surface area contributed by atoms with E-state index in [1.165, 1.54) is 0 Å². The number of aromatic nitrogens is 1. The highest BCUT2D eigenvalue weighted by molar-refractivity contribution is 5.88. The van der Waals surface area contributed by atoms with Gasteiger partial charge in [-0.25, -0.2) is 4.79 Å². The van der Waals surface area contributed by atoms with E-state index in [0.29, 0.717) is 5.92 Å². The van der Waals surface area contributed by atoms with Crippen molar-refractivity contribution in [2.24, 2.45) is 5.92 Å². The van der Waals surface area contributed by atoms with Crippen LogP contribution in [0.1, 0.15) is 35.8 Å². The molecule has 25 heavy (non-hydrogen) atoms. The van der Waals surface area contributed by atoms with E-state index in [1.54, 1.807) is 31.2 Å². The fourth-order valence-electron chi connectivity index (χ4n) is 3.27. The Bertz CT molecular complexity index is 746. The van der Waals surface area contributed by atoms with Crippen LogP contribution in [0.4, 0.5) is 0 Å². The Labute approximate surface area is 147 Å². The number of rotatable bonds is 4. The van der Waals surface area contributed by atoms with Crippen LogP contribution in [-0.2, 0) is 11.2 Å². The first kappa shape index (κ1) is 17.1. The fraction of sp³-hybridized carbons (Fsp3) is 0.350. The Balaban J connectivity index is 1.61. The maximum atomic E-state index is 11.4. The lowest BCUT2D eigenvalue weighted by molar-refractivity contribution is -0.130. The number of carboxylic acids is 1. The van der Waals surface area contributed by atoms with E-state index < -0.39 is 5.97 Å². The van der Waals surface area contributed by atoms with Crippen LogP contribution in [0.15, 0.2) is 42.6 Å². The van der Waals surface area contributed by atoms with Gasteiger partial charge >= 0.3 is 5.97 Å². The number of pyridine rings is 1. The van der Waals surface area contributed by atoms with Crippen molar-refractivity contribution in [1.29, 1.82) is 0 Å². The summed E-state index contributed by atoms with van der Waals surface area (Å²) in [6.45, 7) is 3.31. The molecule has 1 aromatic heterocycles. The van der Waals surface area contributed by atoms with Gasteiger partial charge in [-0.15, -0.1) is 0 Å². The van der Waals surface area contributed by atoms with Crippen LogP contribution in [0.3, 0.4) is 0 Å². The van der Waals surface area contributed by atoms with Gasteiger partial charge in [-0.2, -0.15) is 0 Å². The molecule has 5 heteroatoms. The predicted octanol–water partition coefficient (Wildman–Crippen LogP) is 3.25. The van der Waals surface area contributed by atoms with E-state index in [-0.39, 0.29) is 11.5 Å². The molecule has 1 aliphatic heterocycles. The molecular formula is C20H22N2O3. The molecule has 130 valence electrons. The zero-order valence-electron chi connectivity index (χ0n) is 14.3. The number of aromatic carboxylic acids is 1. The third-order valence-corrected chi connectivity index (χ3v) is 4.85. The van der Waals surface area contributed by atoms with E-state index in [0.717, 1.165) is 49.2 Å². The van der Waals surface area contributed by atoms with Gasteiger partial charge in [-0.05, 0) is 48.9 Å². The number of benzene rings is 1. The molecule has 5 nitrogen and oxygen atoms in total. The van der Waals surface area contributed by atoms with Gasteiger partial charge in [-0.1, -0.05) is 18.2 Å². The highest BCUT2D eigenvalue weighted by atomic mass is 16.4. The van der Waals surface area contributed by atoms with E-state index >= 15 is 0 Å². The largest absolute Gasteiger partial charge is 0.478 e. The van der Waals surface area contributed by atoms with Gasteiger partial charge in [0.05, 0.1) is 5.56 Å². The highest BCUT2D eigenvalue weighted by Gasteiger charge is 2.21. The van der Waals surface area contributed by atoms with E-state index in [1.807, 2.05) is 23.2 Å². The molecule has 2 heterocycles. The molecule has 0 unspecified atom stereocenters.